The van der Waals surface area contributed by atoms with Crippen LogP contribution >= 0.6 is 0 Å². The van der Waals surface area contributed by atoms with Gasteiger partial charge >= 0.3 is 0 Å². The number of nitriles is 1. The fourth-order valence-corrected chi connectivity index (χ4v) is 3.13. The number of nitrogens with zero attached hydrogens (tertiary/aromatic N) is 2. The minimum absolute atomic E-state index is 0.0778. The van der Waals surface area contributed by atoms with Crippen molar-refractivity contribution in [3.63, 3.8) is 0 Å². The number of benzene rings is 2. The van der Waals surface area contributed by atoms with Crippen LogP contribution in [-0.4, -0.2) is 18.5 Å². The van der Waals surface area contributed by atoms with E-state index < -0.39 is 0 Å². The zero-order chi connectivity index (χ0) is 14.0. The average Bonchev–Trinajstić information content (AvgIpc) is 2.43. The van der Waals surface area contributed by atoms with Gasteiger partial charge in [0.1, 0.15) is 0 Å². The molecule has 0 amide bonds. The van der Waals surface area contributed by atoms with Crippen LogP contribution in [-0.2, 0) is 6.54 Å². The first-order chi connectivity index (χ1) is 9.71. The molecule has 102 valence electrons. The summed E-state index contributed by atoms with van der Waals surface area (Å²) in [6.45, 7) is 1.80. The quantitative estimate of drug-likeness (QED) is 0.835. The summed E-state index contributed by atoms with van der Waals surface area (Å²) in [7, 11) is 2.12. The molecule has 0 N–H and O–H groups in total. The number of hydrogen-bond donors (Lipinski definition) is 0. The molecule has 1 fully saturated rings. The van der Waals surface area contributed by atoms with Gasteiger partial charge in [0.15, 0.2) is 0 Å². The Kier molecular flexibility index (Phi) is 3.46. The van der Waals surface area contributed by atoms with Crippen LogP contribution in [0.3, 0.4) is 0 Å². The van der Waals surface area contributed by atoms with Crippen LogP contribution in [0.1, 0.15) is 24.8 Å². The molecular weight excluding hydrogens is 244 g/mol. The Balaban J connectivity index is 1.71. The van der Waals surface area contributed by atoms with Gasteiger partial charge in [-0.1, -0.05) is 42.8 Å². The topological polar surface area (TPSA) is 27.0 Å². The Bertz CT molecular complexity index is 650. The van der Waals surface area contributed by atoms with E-state index in [9.17, 15) is 5.26 Å². The smallest absolute Gasteiger partial charge is 0.0703 e. The summed E-state index contributed by atoms with van der Waals surface area (Å²) in [5, 5.41) is 11.9. The molecule has 20 heavy (non-hydrogen) atoms. The van der Waals surface area contributed by atoms with E-state index in [0.29, 0.717) is 0 Å². The standard InChI is InChI=1S/C18H20N2/c1-20(14-18(13-19)9-4-10-18)12-15-7-8-16-5-2-3-6-17(16)11-15/h2-3,5-8,11H,4,9-10,12,14H2,1H3. The predicted molar refractivity (Wildman–Crippen MR) is 82.2 cm³/mol. The highest BCUT2D eigenvalue weighted by Gasteiger charge is 2.37. The Hall–Kier alpha value is -1.85. The molecule has 2 aromatic rings. The van der Waals surface area contributed by atoms with Crippen molar-refractivity contribution in [2.75, 3.05) is 13.6 Å². The van der Waals surface area contributed by atoms with Gasteiger partial charge in [0.25, 0.3) is 0 Å². The van der Waals surface area contributed by atoms with Gasteiger partial charge in [-0.25, -0.2) is 0 Å². The van der Waals surface area contributed by atoms with Crippen molar-refractivity contribution in [2.24, 2.45) is 5.41 Å². The van der Waals surface area contributed by atoms with Crippen molar-refractivity contribution < 1.29 is 0 Å². The molecule has 0 radical (unpaired) electrons. The highest BCUT2D eigenvalue weighted by Crippen LogP contribution is 2.40. The first-order valence-corrected chi connectivity index (χ1v) is 7.28. The maximum atomic E-state index is 9.32. The lowest BCUT2D eigenvalue weighted by atomic mass is 9.69. The fraction of sp³-hybridized carbons (Fsp3) is 0.389. The number of fused-ring (bicyclic) bond motifs is 1. The molecule has 0 aliphatic heterocycles. The summed E-state index contributed by atoms with van der Waals surface area (Å²) < 4.78 is 0. The molecule has 1 aliphatic rings. The van der Waals surface area contributed by atoms with Crippen LogP contribution in [0.15, 0.2) is 42.5 Å². The third kappa shape index (κ3) is 2.55. The van der Waals surface area contributed by atoms with Gasteiger partial charge in [-0.15, -0.1) is 0 Å². The molecule has 0 atom stereocenters. The first kappa shape index (κ1) is 13.1. The molecule has 0 bridgehead atoms. The molecule has 1 saturated carbocycles. The minimum Gasteiger partial charge on any atom is -0.301 e. The Morgan fingerprint density at radius 1 is 1.15 bits per heavy atom. The van der Waals surface area contributed by atoms with Gasteiger partial charge < -0.3 is 4.90 Å². The first-order valence-electron chi connectivity index (χ1n) is 7.28. The molecule has 2 heteroatoms. The Labute approximate surface area is 120 Å². The van der Waals surface area contributed by atoms with E-state index in [-0.39, 0.29) is 5.41 Å². The third-order valence-corrected chi connectivity index (χ3v) is 4.39. The molecule has 0 heterocycles. The summed E-state index contributed by atoms with van der Waals surface area (Å²) in [6.07, 6.45) is 3.33. The van der Waals surface area contributed by atoms with Crippen molar-refractivity contribution in [3.05, 3.63) is 48.0 Å². The van der Waals surface area contributed by atoms with Crippen molar-refractivity contribution >= 4 is 10.8 Å². The lowest BCUT2D eigenvalue weighted by molar-refractivity contribution is 0.134. The summed E-state index contributed by atoms with van der Waals surface area (Å²) in [5.74, 6) is 0. The zero-order valence-corrected chi connectivity index (χ0v) is 12.0. The minimum atomic E-state index is -0.0778. The second-order valence-corrected chi connectivity index (χ2v) is 6.10. The SMILES string of the molecule is CN(Cc1ccc2ccccc2c1)CC1(C#N)CCC1. The molecule has 0 saturated heterocycles. The number of hydrogen-bond acceptors (Lipinski definition) is 2. The van der Waals surface area contributed by atoms with Gasteiger partial charge in [-0.3, -0.25) is 0 Å². The molecular formula is C18H20N2. The van der Waals surface area contributed by atoms with E-state index in [1.54, 1.807) is 0 Å². The summed E-state index contributed by atoms with van der Waals surface area (Å²) >= 11 is 0. The highest BCUT2D eigenvalue weighted by molar-refractivity contribution is 5.82. The lowest BCUT2D eigenvalue weighted by Gasteiger charge is -2.38. The van der Waals surface area contributed by atoms with E-state index in [1.165, 1.54) is 22.8 Å². The fourth-order valence-electron chi connectivity index (χ4n) is 3.13. The van der Waals surface area contributed by atoms with Crippen LogP contribution < -0.4 is 0 Å². The van der Waals surface area contributed by atoms with E-state index in [1.807, 2.05) is 0 Å². The van der Waals surface area contributed by atoms with Crippen molar-refractivity contribution in [2.45, 2.75) is 25.8 Å². The second kappa shape index (κ2) is 5.26. The van der Waals surface area contributed by atoms with Gasteiger partial charge in [-0.2, -0.15) is 5.26 Å². The van der Waals surface area contributed by atoms with Gasteiger partial charge in [0.05, 0.1) is 11.5 Å². The van der Waals surface area contributed by atoms with Crippen molar-refractivity contribution in [3.8, 4) is 6.07 Å². The van der Waals surface area contributed by atoms with Gasteiger partial charge in [-0.05, 0) is 42.3 Å². The van der Waals surface area contributed by atoms with E-state index in [2.05, 4.69) is 60.5 Å². The Morgan fingerprint density at radius 2 is 1.90 bits per heavy atom. The van der Waals surface area contributed by atoms with Gasteiger partial charge in [0.2, 0.25) is 0 Å². The predicted octanol–water partition coefficient (Wildman–Crippen LogP) is 3.97. The molecule has 3 rings (SSSR count). The van der Waals surface area contributed by atoms with E-state index in [0.717, 1.165) is 25.9 Å². The zero-order valence-electron chi connectivity index (χ0n) is 12.0. The van der Waals surface area contributed by atoms with Crippen molar-refractivity contribution in [1.82, 2.24) is 4.90 Å². The summed E-state index contributed by atoms with van der Waals surface area (Å²) in [5.41, 5.74) is 1.24. The molecule has 2 aromatic carbocycles. The maximum absolute atomic E-state index is 9.32. The number of rotatable bonds is 4. The van der Waals surface area contributed by atoms with Crippen molar-refractivity contribution in [1.29, 1.82) is 5.26 Å². The third-order valence-electron chi connectivity index (χ3n) is 4.39. The molecule has 0 aromatic heterocycles. The monoisotopic (exact) mass is 264 g/mol. The normalized spacial score (nSPS) is 16.9. The molecule has 2 nitrogen and oxygen atoms in total. The summed E-state index contributed by atoms with van der Waals surface area (Å²) in [6, 6.07) is 17.6. The van der Waals surface area contributed by atoms with Gasteiger partial charge in [0, 0.05) is 13.1 Å². The summed E-state index contributed by atoms with van der Waals surface area (Å²) in [4.78, 5) is 2.28. The van der Waals surface area contributed by atoms with Crippen LogP contribution in [0.5, 0.6) is 0 Å². The van der Waals surface area contributed by atoms with Crippen LogP contribution in [0.2, 0.25) is 0 Å². The van der Waals surface area contributed by atoms with Crippen LogP contribution in [0.25, 0.3) is 10.8 Å². The average molecular weight is 264 g/mol. The van der Waals surface area contributed by atoms with E-state index >= 15 is 0 Å². The molecule has 0 unspecified atom stereocenters. The lowest BCUT2D eigenvalue weighted by Crippen LogP contribution is -2.39. The highest BCUT2D eigenvalue weighted by atomic mass is 15.1. The van der Waals surface area contributed by atoms with Crippen LogP contribution in [0, 0.1) is 16.7 Å². The maximum Gasteiger partial charge on any atom is 0.0703 e. The molecule has 0 spiro atoms. The second-order valence-electron chi connectivity index (χ2n) is 6.10. The Morgan fingerprint density at radius 3 is 2.55 bits per heavy atom. The van der Waals surface area contributed by atoms with Crippen LogP contribution in [0.4, 0.5) is 0 Å². The molecule has 1 aliphatic carbocycles. The largest absolute Gasteiger partial charge is 0.301 e. The van der Waals surface area contributed by atoms with E-state index in [4.69, 9.17) is 0 Å².